The summed E-state index contributed by atoms with van der Waals surface area (Å²) >= 11 is 0. The van der Waals surface area contributed by atoms with Crippen LogP contribution in [0, 0.1) is 0 Å². The summed E-state index contributed by atoms with van der Waals surface area (Å²) < 4.78 is 5.12. The van der Waals surface area contributed by atoms with Gasteiger partial charge in [0.15, 0.2) is 0 Å². The van der Waals surface area contributed by atoms with Crippen LogP contribution in [0.4, 0.5) is 34.1 Å². The van der Waals surface area contributed by atoms with Gasteiger partial charge >= 0.3 is 0 Å². The lowest BCUT2D eigenvalue weighted by Gasteiger charge is -2.46. The van der Waals surface area contributed by atoms with Gasteiger partial charge in [-0.3, -0.25) is 0 Å². The van der Waals surface area contributed by atoms with Crippen molar-refractivity contribution in [3.05, 3.63) is 382 Å². The number of hydrogen-bond donors (Lipinski definition) is 0. The number of hydrogen-bond acceptors (Lipinski definition) is 2. The number of benzene rings is 17. The minimum Gasteiger partial charge on any atom is -0.310 e. The average Bonchev–Trinajstić information content (AvgIpc) is 0.806. The molecule has 4 heterocycles. The maximum Gasteiger partial charge on any atom is 0.252 e. The van der Waals surface area contributed by atoms with E-state index in [0.717, 1.165) is 112 Å². The third-order valence-corrected chi connectivity index (χ3v) is 22.8. The van der Waals surface area contributed by atoms with E-state index in [9.17, 15) is 0 Å². The van der Waals surface area contributed by atoms with E-state index >= 15 is 0 Å². The Morgan fingerprint density at radius 1 is 0.234 bits per heavy atom. The van der Waals surface area contributed by atoms with Gasteiger partial charge in [-0.15, -0.1) is 0 Å². The fourth-order valence-corrected chi connectivity index (χ4v) is 18.1. The van der Waals surface area contributed by atoms with Crippen molar-refractivity contribution in [2.75, 3.05) is 9.80 Å². The first-order valence-corrected chi connectivity index (χ1v) is 37.3. The maximum atomic E-state index is 2.71. The Morgan fingerprint density at radius 2 is 0.533 bits per heavy atom. The van der Waals surface area contributed by atoms with E-state index in [1.165, 1.54) is 87.3 Å². The number of nitrogens with zero attached hydrogens (tertiary/aromatic N) is 4. The van der Waals surface area contributed by atoms with Crippen molar-refractivity contribution in [3.63, 3.8) is 0 Å². The Balaban J connectivity index is 0.923. The summed E-state index contributed by atoms with van der Waals surface area (Å²) in [5.41, 5.74) is 32.0. The molecule has 5 heteroatoms. The van der Waals surface area contributed by atoms with E-state index in [1.54, 1.807) is 0 Å². The first kappa shape index (κ1) is 62.1. The molecule has 0 amide bonds. The second-order valence-corrected chi connectivity index (χ2v) is 29.8. The smallest absolute Gasteiger partial charge is 0.252 e. The molecule has 21 rings (SSSR count). The highest BCUT2D eigenvalue weighted by atomic mass is 15.2. The molecule has 0 bridgehead atoms. The molecule has 17 aromatic carbocycles. The van der Waals surface area contributed by atoms with Gasteiger partial charge in [-0.05, 0) is 154 Å². The first-order chi connectivity index (χ1) is 52.8. The van der Waals surface area contributed by atoms with E-state index in [-0.39, 0.29) is 12.1 Å². The Hall–Kier alpha value is -13.5. The first-order valence-electron chi connectivity index (χ1n) is 37.3. The van der Waals surface area contributed by atoms with E-state index in [4.69, 9.17) is 0 Å². The van der Waals surface area contributed by atoms with Crippen LogP contribution in [0.3, 0.4) is 0 Å². The summed E-state index contributed by atoms with van der Waals surface area (Å²) in [6.45, 7) is 6.91. The van der Waals surface area contributed by atoms with Crippen molar-refractivity contribution < 1.29 is 0 Å². The standard InChI is InChI=1S/C102H71BN4/c1-102(2,3)72-60-95-99-96(61-72)107(101-77(68-36-14-6-15-37-68)52-31-53-78(101)69-38-16-7-17-39-69)92-63-74(105-90-55-29-27-49-84(90)98-82-47-25-23-45-80(82)86(65-94(98)105)71-42-20-9-21-43-71)57-59-88(92)103(99)87-58-56-73(62-91(87)106(95)100-75(66-32-10-4-11-33-66)50-30-51-76(100)67-34-12-5-13-35-67)104-89-54-28-26-48-83(89)97-81-46-24-22-44-79(81)85(64-93(97)104)70-40-18-8-19-41-70/h4-65H,1-3H3. The largest absolute Gasteiger partial charge is 0.310 e. The van der Waals surface area contributed by atoms with Crippen LogP contribution in [0.2, 0.25) is 0 Å². The molecule has 0 aliphatic carbocycles. The maximum absolute atomic E-state index is 2.71. The summed E-state index contributed by atoms with van der Waals surface area (Å²) in [5, 5.41) is 9.85. The Kier molecular flexibility index (Phi) is 14.3. The molecule has 0 fully saturated rings. The van der Waals surface area contributed by atoms with Gasteiger partial charge in [0, 0.05) is 77.9 Å². The molecule has 0 spiro atoms. The van der Waals surface area contributed by atoms with Gasteiger partial charge in [-0.1, -0.05) is 336 Å². The van der Waals surface area contributed by atoms with Gasteiger partial charge in [0.1, 0.15) is 0 Å². The van der Waals surface area contributed by atoms with Gasteiger partial charge in [-0.25, -0.2) is 0 Å². The molecular weight excluding hydrogens is 1290 g/mol. The molecule has 2 aromatic heterocycles. The minimum absolute atomic E-state index is 0.263. The van der Waals surface area contributed by atoms with Gasteiger partial charge < -0.3 is 18.9 Å². The van der Waals surface area contributed by atoms with E-state index in [1.807, 2.05) is 0 Å². The highest BCUT2D eigenvalue weighted by Crippen LogP contribution is 2.55. The van der Waals surface area contributed by atoms with Gasteiger partial charge in [0.25, 0.3) is 6.71 Å². The summed E-state index contributed by atoms with van der Waals surface area (Å²) in [5.74, 6) is 0. The van der Waals surface area contributed by atoms with Crippen molar-refractivity contribution in [3.8, 4) is 78.1 Å². The van der Waals surface area contributed by atoms with Crippen LogP contribution in [-0.2, 0) is 5.41 Å². The monoisotopic (exact) mass is 1360 g/mol. The molecular formula is C102H71BN4. The van der Waals surface area contributed by atoms with Crippen molar-refractivity contribution in [2.24, 2.45) is 0 Å². The normalized spacial score (nSPS) is 12.6. The van der Waals surface area contributed by atoms with Crippen molar-refractivity contribution in [2.45, 2.75) is 26.2 Å². The van der Waals surface area contributed by atoms with Crippen LogP contribution >= 0.6 is 0 Å². The van der Waals surface area contributed by atoms with Gasteiger partial charge in [0.2, 0.25) is 0 Å². The van der Waals surface area contributed by atoms with Crippen LogP contribution in [0.25, 0.3) is 143 Å². The molecule has 0 saturated carbocycles. The number of aromatic nitrogens is 2. The van der Waals surface area contributed by atoms with Crippen molar-refractivity contribution in [1.82, 2.24) is 9.13 Å². The Morgan fingerprint density at radius 3 is 0.869 bits per heavy atom. The molecule has 2 aliphatic heterocycles. The zero-order chi connectivity index (χ0) is 71.0. The van der Waals surface area contributed by atoms with E-state index < -0.39 is 0 Å². The van der Waals surface area contributed by atoms with E-state index in [2.05, 4.69) is 416 Å². The van der Waals surface area contributed by atoms with Crippen LogP contribution in [0.15, 0.2) is 376 Å². The minimum atomic E-state index is -0.338. The van der Waals surface area contributed by atoms with E-state index in [0.29, 0.717) is 0 Å². The lowest BCUT2D eigenvalue weighted by molar-refractivity contribution is 0.590. The predicted octanol–water partition coefficient (Wildman–Crippen LogP) is 25.6. The second-order valence-electron chi connectivity index (χ2n) is 29.8. The fourth-order valence-electron chi connectivity index (χ4n) is 18.1. The highest BCUT2D eigenvalue weighted by Gasteiger charge is 2.46. The third-order valence-electron chi connectivity index (χ3n) is 22.8. The molecule has 0 atom stereocenters. The third kappa shape index (κ3) is 9.77. The number of para-hydroxylation sites is 4. The topological polar surface area (TPSA) is 16.3 Å². The average molecular weight is 1360 g/mol. The summed E-state index contributed by atoms with van der Waals surface area (Å²) in [6.07, 6.45) is 0. The summed E-state index contributed by atoms with van der Waals surface area (Å²) in [6, 6.07) is 141. The van der Waals surface area contributed by atoms with Gasteiger partial charge in [0.05, 0.1) is 33.4 Å². The highest BCUT2D eigenvalue weighted by molar-refractivity contribution is 7.00. The second kappa shape index (κ2) is 24.6. The zero-order valence-corrected chi connectivity index (χ0v) is 59.7. The number of fused-ring (bicyclic) bond motifs is 14. The number of anilines is 6. The van der Waals surface area contributed by atoms with Crippen LogP contribution < -0.4 is 26.2 Å². The molecule has 19 aromatic rings. The van der Waals surface area contributed by atoms with Crippen LogP contribution in [-0.4, -0.2) is 15.8 Å². The summed E-state index contributed by atoms with van der Waals surface area (Å²) in [7, 11) is 0. The lowest BCUT2D eigenvalue weighted by atomic mass is 9.33. The molecule has 0 radical (unpaired) electrons. The quantitative estimate of drug-likeness (QED) is 0.127. The Labute approximate surface area is 623 Å². The molecule has 0 unspecified atom stereocenters. The van der Waals surface area contributed by atoms with Gasteiger partial charge in [-0.2, -0.15) is 0 Å². The van der Waals surface area contributed by atoms with Crippen LogP contribution in [0.1, 0.15) is 26.3 Å². The fraction of sp³-hybridized carbons (Fsp3) is 0.0392. The molecule has 0 saturated heterocycles. The number of rotatable bonds is 10. The SMILES string of the molecule is CC(C)(C)c1cc2c3c(c1)N(c1c(-c4ccccc4)cccc1-c1ccccc1)c1cc(-n4c5ccccc5c5c6ccccc6c(-c6ccccc6)cc54)ccc1B3c1ccc(-n3c4ccccc4c4c5ccccc5c(-c5ccccc5)cc43)cc1N2c1c(-c2ccccc2)cccc1-c1ccccc1. The van der Waals surface area contributed by atoms with Crippen molar-refractivity contribution in [1.29, 1.82) is 0 Å². The van der Waals surface area contributed by atoms with Crippen LogP contribution in [0.5, 0.6) is 0 Å². The molecule has 107 heavy (non-hydrogen) atoms. The Bertz CT molecular complexity index is 6260. The summed E-state index contributed by atoms with van der Waals surface area (Å²) in [4.78, 5) is 5.41. The molecule has 4 nitrogen and oxygen atoms in total. The molecule has 502 valence electrons. The molecule has 2 aliphatic rings. The van der Waals surface area contributed by atoms with Crippen molar-refractivity contribution >= 4 is 122 Å². The molecule has 0 N–H and O–H groups in total. The predicted molar refractivity (Wildman–Crippen MR) is 455 cm³/mol. The lowest BCUT2D eigenvalue weighted by Crippen LogP contribution is -2.61. The zero-order valence-electron chi connectivity index (χ0n) is 59.7.